The Hall–Kier alpha value is -1.06. The Morgan fingerprint density at radius 3 is 2.33 bits per heavy atom. The summed E-state index contributed by atoms with van der Waals surface area (Å²) in [6, 6.07) is 0. The summed E-state index contributed by atoms with van der Waals surface area (Å²) in [6.07, 6.45) is 4.94. The van der Waals surface area contributed by atoms with Crippen molar-refractivity contribution in [3.8, 4) is 0 Å². The van der Waals surface area contributed by atoms with Gasteiger partial charge in [-0.15, -0.1) is 0 Å². The normalized spacial score (nSPS) is 28.1. The number of aliphatic carboxylic acids is 2. The van der Waals surface area contributed by atoms with Crippen LogP contribution in [0.5, 0.6) is 0 Å². The fourth-order valence-electron chi connectivity index (χ4n) is 3.91. The van der Waals surface area contributed by atoms with E-state index in [0.717, 1.165) is 25.7 Å². The summed E-state index contributed by atoms with van der Waals surface area (Å²) in [7, 11) is 0. The highest BCUT2D eigenvalue weighted by Crippen LogP contribution is 2.46. The Labute approximate surface area is 127 Å². The minimum atomic E-state index is -1.06. The van der Waals surface area contributed by atoms with E-state index in [1.165, 1.54) is 0 Å². The van der Waals surface area contributed by atoms with Gasteiger partial charge in [0.1, 0.15) is 0 Å². The molecule has 0 radical (unpaired) electrons. The summed E-state index contributed by atoms with van der Waals surface area (Å²) in [5.41, 5.74) is -0.842. The fourth-order valence-corrected chi connectivity index (χ4v) is 3.91. The number of rotatable bonds is 6. The molecule has 1 fully saturated rings. The summed E-state index contributed by atoms with van der Waals surface area (Å²) in [4.78, 5) is 23.3. The molecule has 1 saturated carbocycles. The standard InChI is InChI=1S/C17H30O4/c1-12(11-16(2,3)4)8-10-17(15(20)21)9-6-5-7-13(17)14(18)19/h12-13H,5-11H2,1-4H3,(H,18,19)(H,20,21). The molecule has 2 N–H and O–H groups in total. The van der Waals surface area contributed by atoms with Gasteiger partial charge in [0.05, 0.1) is 11.3 Å². The van der Waals surface area contributed by atoms with Gasteiger partial charge in [0.25, 0.3) is 0 Å². The van der Waals surface area contributed by atoms with Gasteiger partial charge < -0.3 is 10.2 Å². The van der Waals surface area contributed by atoms with Crippen molar-refractivity contribution in [2.45, 2.75) is 72.6 Å². The molecule has 0 heterocycles. The minimum absolute atomic E-state index is 0.217. The van der Waals surface area contributed by atoms with E-state index < -0.39 is 23.3 Å². The Bertz CT molecular complexity index is 383. The van der Waals surface area contributed by atoms with Gasteiger partial charge in [-0.2, -0.15) is 0 Å². The van der Waals surface area contributed by atoms with Gasteiger partial charge in [0.2, 0.25) is 0 Å². The van der Waals surface area contributed by atoms with Crippen molar-refractivity contribution in [3.05, 3.63) is 0 Å². The molecule has 21 heavy (non-hydrogen) atoms. The van der Waals surface area contributed by atoms with E-state index in [0.29, 0.717) is 25.2 Å². The van der Waals surface area contributed by atoms with Gasteiger partial charge in [0.15, 0.2) is 0 Å². The predicted octanol–water partition coefficient (Wildman–Crippen LogP) is 4.18. The largest absolute Gasteiger partial charge is 0.481 e. The minimum Gasteiger partial charge on any atom is -0.481 e. The molecule has 0 aliphatic heterocycles. The van der Waals surface area contributed by atoms with Crippen molar-refractivity contribution in [3.63, 3.8) is 0 Å². The third-order valence-electron chi connectivity index (χ3n) is 4.80. The maximum absolute atomic E-state index is 11.8. The van der Waals surface area contributed by atoms with Gasteiger partial charge in [-0.25, -0.2) is 0 Å². The molecule has 0 amide bonds. The Morgan fingerprint density at radius 2 is 1.86 bits per heavy atom. The van der Waals surface area contributed by atoms with Crippen LogP contribution in [0.4, 0.5) is 0 Å². The molecule has 0 saturated heterocycles. The third-order valence-corrected chi connectivity index (χ3v) is 4.80. The van der Waals surface area contributed by atoms with Crippen LogP contribution in [0.2, 0.25) is 0 Å². The van der Waals surface area contributed by atoms with Gasteiger partial charge in [-0.3, -0.25) is 9.59 Å². The molecule has 4 nitrogen and oxygen atoms in total. The Balaban J connectivity index is 2.81. The van der Waals surface area contributed by atoms with Crippen LogP contribution in [0.3, 0.4) is 0 Å². The quantitative estimate of drug-likeness (QED) is 0.771. The smallest absolute Gasteiger partial charge is 0.310 e. The highest BCUT2D eigenvalue weighted by molar-refractivity contribution is 5.83. The average molecular weight is 298 g/mol. The van der Waals surface area contributed by atoms with Crippen LogP contribution in [0.25, 0.3) is 0 Å². The molecule has 0 aromatic rings. The van der Waals surface area contributed by atoms with Crippen molar-refractivity contribution in [2.24, 2.45) is 22.7 Å². The van der Waals surface area contributed by atoms with Crippen LogP contribution in [0.15, 0.2) is 0 Å². The third kappa shape index (κ3) is 4.72. The van der Waals surface area contributed by atoms with E-state index in [4.69, 9.17) is 0 Å². The predicted molar refractivity (Wildman–Crippen MR) is 82.1 cm³/mol. The second kappa shape index (κ2) is 6.80. The Morgan fingerprint density at radius 1 is 1.24 bits per heavy atom. The number of carboxylic acid groups (broad SMARTS) is 2. The van der Waals surface area contributed by atoms with Gasteiger partial charge in [-0.1, -0.05) is 40.5 Å². The van der Waals surface area contributed by atoms with E-state index in [2.05, 4.69) is 27.7 Å². The topological polar surface area (TPSA) is 74.6 Å². The van der Waals surface area contributed by atoms with Gasteiger partial charge in [-0.05, 0) is 43.4 Å². The zero-order valence-electron chi connectivity index (χ0n) is 13.8. The molecule has 0 aromatic carbocycles. The first-order valence-corrected chi connectivity index (χ1v) is 8.05. The maximum Gasteiger partial charge on any atom is 0.310 e. The zero-order chi connectivity index (χ0) is 16.3. The molecule has 4 heteroatoms. The van der Waals surface area contributed by atoms with E-state index >= 15 is 0 Å². The molecule has 0 spiro atoms. The SMILES string of the molecule is CC(CCC1(C(=O)O)CCCCC1C(=O)O)CC(C)(C)C. The van der Waals surface area contributed by atoms with Crippen molar-refractivity contribution < 1.29 is 19.8 Å². The maximum atomic E-state index is 11.8. The lowest BCUT2D eigenvalue weighted by Crippen LogP contribution is -2.45. The summed E-state index contributed by atoms with van der Waals surface area (Å²) in [5.74, 6) is -2.18. The highest BCUT2D eigenvalue weighted by Gasteiger charge is 2.50. The molecule has 0 bridgehead atoms. The monoisotopic (exact) mass is 298 g/mol. The molecule has 1 aliphatic rings. The zero-order valence-corrected chi connectivity index (χ0v) is 13.8. The first-order valence-electron chi connectivity index (χ1n) is 8.05. The number of hydrogen-bond acceptors (Lipinski definition) is 2. The van der Waals surface area contributed by atoms with Crippen molar-refractivity contribution in [2.75, 3.05) is 0 Å². The molecule has 122 valence electrons. The molecule has 1 rings (SSSR count). The molecular weight excluding hydrogens is 268 g/mol. The van der Waals surface area contributed by atoms with E-state index in [1.54, 1.807) is 0 Å². The van der Waals surface area contributed by atoms with Crippen LogP contribution in [-0.4, -0.2) is 22.2 Å². The fraction of sp³-hybridized carbons (Fsp3) is 0.882. The van der Waals surface area contributed by atoms with Gasteiger partial charge in [0, 0.05) is 0 Å². The second-order valence-electron chi connectivity index (χ2n) is 8.01. The van der Waals surface area contributed by atoms with E-state index in [1.807, 2.05) is 0 Å². The van der Waals surface area contributed by atoms with Crippen molar-refractivity contribution >= 4 is 11.9 Å². The van der Waals surface area contributed by atoms with Crippen LogP contribution in [-0.2, 0) is 9.59 Å². The van der Waals surface area contributed by atoms with Gasteiger partial charge >= 0.3 is 11.9 Å². The lowest BCUT2D eigenvalue weighted by atomic mass is 9.63. The summed E-state index contributed by atoms with van der Waals surface area (Å²) < 4.78 is 0. The first-order chi connectivity index (χ1) is 9.58. The lowest BCUT2D eigenvalue weighted by Gasteiger charge is -2.39. The summed E-state index contributed by atoms with van der Waals surface area (Å²) in [5, 5.41) is 19.1. The molecule has 1 aliphatic carbocycles. The van der Waals surface area contributed by atoms with Crippen LogP contribution >= 0.6 is 0 Å². The van der Waals surface area contributed by atoms with Crippen LogP contribution < -0.4 is 0 Å². The number of carbonyl (C=O) groups is 2. The number of carboxylic acids is 2. The molecular formula is C17H30O4. The van der Waals surface area contributed by atoms with Crippen LogP contribution in [0.1, 0.15) is 72.6 Å². The highest BCUT2D eigenvalue weighted by atomic mass is 16.4. The average Bonchev–Trinajstić information content (AvgIpc) is 2.34. The van der Waals surface area contributed by atoms with Crippen molar-refractivity contribution in [1.29, 1.82) is 0 Å². The number of hydrogen-bond donors (Lipinski definition) is 2. The first kappa shape index (κ1) is 18.0. The van der Waals surface area contributed by atoms with E-state index in [-0.39, 0.29) is 5.41 Å². The molecule has 0 aromatic heterocycles. The van der Waals surface area contributed by atoms with E-state index in [9.17, 15) is 19.8 Å². The summed E-state index contributed by atoms with van der Waals surface area (Å²) in [6.45, 7) is 8.67. The lowest BCUT2D eigenvalue weighted by molar-refractivity contribution is -0.167. The second-order valence-corrected chi connectivity index (χ2v) is 8.01. The van der Waals surface area contributed by atoms with Crippen molar-refractivity contribution in [1.82, 2.24) is 0 Å². The van der Waals surface area contributed by atoms with Crippen LogP contribution in [0, 0.1) is 22.7 Å². The Kier molecular flexibility index (Phi) is 5.83. The summed E-state index contributed by atoms with van der Waals surface area (Å²) >= 11 is 0. The molecule has 3 unspecified atom stereocenters. The molecule has 3 atom stereocenters.